The molecule has 1 fully saturated rings. The molecule has 1 aliphatic rings. The second-order valence-electron chi connectivity index (χ2n) is 7.35. The number of nitrogens with zero attached hydrogens (tertiary/aromatic N) is 2. The summed E-state index contributed by atoms with van der Waals surface area (Å²) in [5.41, 5.74) is 2.03. The highest BCUT2D eigenvalue weighted by atomic mass is 127. The van der Waals surface area contributed by atoms with E-state index in [2.05, 4.69) is 41.3 Å². The first-order chi connectivity index (χ1) is 11.8. The Morgan fingerprint density at radius 1 is 1.38 bits per heavy atom. The average Bonchev–Trinajstić information content (AvgIpc) is 2.89. The van der Waals surface area contributed by atoms with Gasteiger partial charge in [-0.3, -0.25) is 9.79 Å². The molecule has 0 aliphatic carbocycles. The summed E-state index contributed by atoms with van der Waals surface area (Å²) >= 11 is 6.15. The Morgan fingerprint density at radius 3 is 2.69 bits per heavy atom. The van der Waals surface area contributed by atoms with Crippen molar-refractivity contribution < 1.29 is 4.79 Å². The molecule has 0 spiro atoms. The molecule has 0 saturated carbocycles. The molecule has 0 unspecified atom stereocenters. The van der Waals surface area contributed by atoms with Gasteiger partial charge in [0.15, 0.2) is 5.96 Å². The van der Waals surface area contributed by atoms with Gasteiger partial charge in [0.05, 0.1) is 17.3 Å². The number of nitrogens with one attached hydrogen (secondary N) is 2. The van der Waals surface area contributed by atoms with Crippen molar-refractivity contribution in [3.05, 3.63) is 28.8 Å². The summed E-state index contributed by atoms with van der Waals surface area (Å²) in [7, 11) is 0. The predicted octanol–water partition coefficient (Wildman–Crippen LogP) is 4.29. The number of amides is 1. The van der Waals surface area contributed by atoms with Crippen molar-refractivity contribution in [1.82, 2.24) is 10.2 Å². The quantitative estimate of drug-likeness (QED) is 0.366. The minimum atomic E-state index is -0.0768. The van der Waals surface area contributed by atoms with Gasteiger partial charge >= 0.3 is 0 Å². The van der Waals surface area contributed by atoms with Gasteiger partial charge in [-0.05, 0) is 43.4 Å². The van der Waals surface area contributed by atoms with Crippen molar-refractivity contribution in [2.45, 2.75) is 40.5 Å². The Labute approximate surface area is 179 Å². The van der Waals surface area contributed by atoms with Crippen molar-refractivity contribution >= 4 is 53.1 Å². The molecule has 0 atom stereocenters. The molecule has 26 heavy (non-hydrogen) atoms. The van der Waals surface area contributed by atoms with Crippen LogP contribution in [0.25, 0.3) is 0 Å². The standard InChI is InChI=1S/C19H29ClN4O.HI/c1-5-21-18(24-11-9-19(3,4)13-24)22-10-8-17(25)23-16-7-6-14(2)12-15(16)20;/h6-7,12H,5,8-11,13H2,1-4H3,(H,21,22)(H,23,25);1H. The SMILES string of the molecule is CCNC(=NCCC(=O)Nc1ccc(C)cc1Cl)N1CCC(C)(C)C1.I. The fraction of sp³-hybridized carbons (Fsp3) is 0.579. The number of hydrogen-bond acceptors (Lipinski definition) is 2. The lowest BCUT2D eigenvalue weighted by atomic mass is 9.93. The summed E-state index contributed by atoms with van der Waals surface area (Å²) in [4.78, 5) is 19.0. The van der Waals surface area contributed by atoms with Gasteiger partial charge in [0.25, 0.3) is 0 Å². The Hall–Kier alpha value is -1.02. The van der Waals surface area contributed by atoms with Crippen molar-refractivity contribution in [1.29, 1.82) is 0 Å². The minimum Gasteiger partial charge on any atom is -0.357 e. The maximum atomic E-state index is 12.1. The average molecular weight is 493 g/mol. The second kappa shape index (κ2) is 10.3. The molecule has 7 heteroatoms. The van der Waals surface area contributed by atoms with E-state index in [1.807, 2.05) is 25.1 Å². The number of aliphatic imine (C=N–C) groups is 1. The third-order valence-corrected chi connectivity index (χ3v) is 4.62. The zero-order chi connectivity index (χ0) is 18.4. The molecule has 0 bridgehead atoms. The number of anilines is 1. The fourth-order valence-corrected chi connectivity index (χ4v) is 3.20. The molecule has 0 aromatic heterocycles. The number of guanidine groups is 1. The maximum Gasteiger partial charge on any atom is 0.226 e. The molecule has 146 valence electrons. The van der Waals surface area contributed by atoms with Crippen LogP contribution >= 0.6 is 35.6 Å². The molecule has 1 amide bonds. The molecule has 1 aliphatic heterocycles. The van der Waals surface area contributed by atoms with E-state index < -0.39 is 0 Å². The summed E-state index contributed by atoms with van der Waals surface area (Å²) < 4.78 is 0. The molecule has 2 N–H and O–H groups in total. The smallest absolute Gasteiger partial charge is 0.226 e. The molecule has 2 rings (SSSR count). The van der Waals surface area contributed by atoms with Crippen LogP contribution in [0, 0.1) is 12.3 Å². The minimum absolute atomic E-state index is 0. The topological polar surface area (TPSA) is 56.7 Å². The maximum absolute atomic E-state index is 12.1. The van der Waals surface area contributed by atoms with Crippen LogP contribution in [-0.2, 0) is 4.79 Å². The van der Waals surface area contributed by atoms with E-state index >= 15 is 0 Å². The van der Waals surface area contributed by atoms with Crippen molar-refractivity contribution in [3.8, 4) is 0 Å². The van der Waals surface area contributed by atoms with E-state index in [9.17, 15) is 4.79 Å². The number of benzene rings is 1. The Bertz CT molecular complexity index is 648. The van der Waals surface area contributed by atoms with E-state index in [0.29, 0.717) is 29.1 Å². The molecule has 1 aromatic carbocycles. The molecule has 1 heterocycles. The van der Waals surface area contributed by atoms with Gasteiger partial charge < -0.3 is 15.5 Å². The van der Waals surface area contributed by atoms with E-state index in [1.54, 1.807) is 0 Å². The molecule has 1 saturated heterocycles. The molecular weight excluding hydrogens is 463 g/mol. The normalized spacial score (nSPS) is 16.2. The number of halogens is 2. The van der Waals surface area contributed by atoms with E-state index in [0.717, 1.165) is 37.6 Å². The van der Waals surface area contributed by atoms with Crippen LogP contribution in [-0.4, -0.2) is 42.9 Å². The van der Waals surface area contributed by atoms with Crippen molar-refractivity contribution in [2.24, 2.45) is 10.4 Å². The van der Waals surface area contributed by atoms with Gasteiger partial charge in [0.2, 0.25) is 5.91 Å². The van der Waals surface area contributed by atoms with Crippen molar-refractivity contribution in [2.75, 3.05) is 31.5 Å². The molecule has 1 aromatic rings. The summed E-state index contributed by atoms with van der Waals surface area (Å²) in [6, 6.07) is 5.60. The highest BCUT2D eigenvalue weighted by molar-refractivity contribution is 14.0. The summed E-state index contributed by atoms with van der Waals surface area (Å²) in [6.45, 7) is 11.8. The van der Waals surface area contributed by atoms with E-state index in [4.69, 9.17) is 11.6 Å². The molecule has 0 radical (unpaired) electrons. The number of aryl methyl sites for hydroxylation is 1. The first kappa shape index (κ1) is 23.0. The molecule has 5 nitrogen and oxygen atoms in total. The summed E-state index contributed by atoms with van der Waals surface area (Å²) in [5.74, 6) is 0.821. The molecular formula is C19H30ClIN4O. The lowest BCUT2D eigenvalue weighted by molar-refractivity contribution is -0.116. The van der Waals surface area contributed by atoms with Gasteiger partial charge in [0.1, 0.15) is 0 Å². The monoisotopic (exact) mass is 492 g/mol. The first-order valence-electron chi connectivity index (χ1n) is 8.90. The van der Waals surface area contributed by atoms with Crippen LogP contribution in [0.15, 0.2) is 23.2 Å². The highest BCUT2D eigenvalue weighted by Crippen LogP contribution is 2.28. The van der Waals surface area contributed by atoms with Gasteiger partial charge in [-0.1, -0.05) is 31.5 Å². The fourth-order valence-electron chi connectivity index (χ4n) is 2.92. The van der Waals surface area contributed by atoms with Crippen LogP contribution in [0.2, 0.25) is 5.02 Å². The second-order valence-corrected chi connectivity index (χ2v) is 7.76. The number of carbonyl (C=O) groups excluding carboxylic acids is 1. The number of rotatable bonds is 5. The Kier molecular flexibility index (Phi) is 9.16. The lowest BCUT2D eigenvalue weighted by Crippen LogP contribution is -2.40. The number of hydrogen-bond donors (Lipinski definition) is 2. The van der Waals surface area contributed by atoms with Crippen LogP contribution in [0.4, 0.5) is 5.69 Å². The van der Waals surface area contributed by atoms with Gasteiger partial charge in [-0.15, -0.1) is 24.0 Å². The zero-order valence-corrected chi connectivity index (χ0v) is 19.1. The van der Waals surface area contributed by atoms with Crippen molar-refractivity contribution in [3.63, 3.8) is 0 Å². The van der Waals surface area contributed by atoms with E-state index in [-0.39, 0.29) is 29.9 Å². The predicted molar refractivity (Wildman–Crippen MR) is 121 cm³/mol. The largest absolute Gasteiger partial charge is 0.357 e. The first-order valence-corrected chi connectivity index (χ1v) is 9.28. The van der Waals surface area contributed by atoms with E-state index in [1.165, 1.54) is 0 Å². The van der Waals surface area contributed by atoms with Gasteiger partial charge in [-0.2, -0.15) is 0 Å². The van der Waals surface area contributed by atoms with Crippen LogP contribution < -0.4 is 10.6 Å². The zero-order valence-electron chi connectivity index (χ0n) is 16.1. The third-order valence-electron chi connectivity index (χ3n) is 4.31. The summed E-state index contributed by atoms with van der Waals surface area (Å²) in [6.07, 6.45) is 1.49. The highest BCUT2D eigenvalue weighted by Gasteiger charge is 2.30. The lowest BCUT2D eigenvalue weighted by Gasteiger charge is -2.23. The van der Waals surface area contributed by atoms with Crippen LogP contribution in [0.3, 0.4) is 0 Å². The van der Waals surface area contributed by atoms with Gasteiger partial charge in [-0.25, -0.2) is 0 Å². The Balaban J connectivity index is 0.00000338. The number of likely N-dealkylation sites (tertiary alicyclic amines) is 1. The van der Waals surface area contributed by atoms with Crippen LogP contribution in [0.1, 0.15) is 39.2 Å². The Morgan fingerprint density at radius 2 is 2.12 bits per heavy atom. The van der Waals surface area contributed by atoms with Gasteiger partial charge in [0, 0.05) is 26.1 Å². The third kappa shape index (κ3) is 6.95. The van der Waals surface area contributed by atoms with Crippen LogP contribution in [0.5, 0.6) is 0 Å². The summed E-state index contributed by atoms with van der Waals surface area (Å²) in [5, 5.41) is 6.74. The number of carbonyl (C=O) groups is 1.